The molecule has 0 saturated heterocycles. The van der Waals surface area contributed by atoms with Gasteiger partial charge in [-0.1, -0.05) is 26.7 Å². The fourth-order valence-corrected chi connectivity index (χ4v) is 1.36. The van der Waals surface area contributed by atoms with Crippen LogP contribution in [0.15, 0.2) is 0 Å². The molecule has 0 radical (unpaired) electrons. The van der Waals surface area contributed by atoms with E-state index in [0.717, 1.165) is 43.5 Å². The summed E-state index contributed by atoms with van der Waals surface area (Å²) in [6.07, 6.45) is 5.01. The van der Waals surface area contributed by atoms with Gasteiger partial charge >= 0.3 is 0 Å². The van der Waals surface area contributed by atoms with Crippen LogP contribution in [0, 0.1) is 0 Å². The number of aromatic nitrogens is 2. The molecule has 0 saturated carbocycles. The van der Waals surface area contributed by atoms with Gasteiger partial charge in [-0.25, -0.2) is 0 Å². The van der Waals surface area contributed by atoms with Gasteiger partial charge in [0.25, 0.3) is 0 Å². The molecule has 0 unspecified atom stereocenters. The van der Waals surface area contributed by atoms with E-state index in [1.807, 2.05) is 0 Å². The van der Waals surface area contributed by atoms with Crippen LogP contribution in [0.4, 0.5) is 0 Å². The number of hydrogen-bond donors (Lipinski definition) is 2. The van der Waals surface area contributed by atoms with Crippen molar-refractivity contribution in [1.29, 1.82) is 0 Å². The van der Waals surface area contributed by atoms with Crippen LogP contribution in [0.1, 0.15) is 44.5 Å². The number of aryl methyl sites for hydroxylation is 2. The minimum absolute atomic E-state index is 0.385. The molecule has 0 aliphatic rings. The maximum Gasteiger partial charge on any atom is 0.159 e. The van der Waals surface area contributed by atoms with Gasteiger partial charge in [-0.2, -0.15) is 5.10 Å². The molecule has 0 spiro atoms. The smallest absolute Gasteiger partial charge is 0.159 e. The first-order chi connectivity index (χ1) is 6.29. The first-order valence-corrected chi connectivity index (χ1v) is 5.04. The zero-order valence-corrected chi connectivity index (χ0v) is 8.43. The van der Waals surface area contributed by atoms with E-state index in [2.05, 4.69) is 24.0 Å². The number of rotatable bonds is 5. The predicted molar refractivity (Wildman–Crippen MR) is 52.9 cm³/mol. The Hall–Kier alpha value is -0.990. The number of hydrogen-bond acceptors (Lipinski definition) is 2. The molecule has 0 amide bonds. The van der Waals surface area contributed by atoms with E-state index in [0.29, 0.717) is 5.75 Å². The van der Waals surface area contributed by atoms with Crippen LogP contribution < -0.4 is 0 Å². The van der Waals surface area contributed by atoms with Gasteiger partial charge < -0.3 is 5.11 Å². The quantitative estimate of drug-likeness (QED) is 0.734. The van der Waals surface area contributed by atoms with Gasteiger partial charge in [-0.05, 0) is 19.3 Å². The molecule has 3 nitrogen and oxygen atoms in total. The molecular weight excluding hydrogens is 164 g/mol. The molecule has 0 aromatic carbocycles. The molecule has 0 aliphatic heterocycles. The Labute approximate surface area is 79.2 Å². The highest BCUT2D eigenvalue weighted by Gasteiger charge is 2.09. The van der Waals surface area contributed by atoms with Gasteiger partial charge in [0.1, 0.15) is 5.69 Å². The van der Waals surface area contributed by atoms with Crippen LogP contribution in [0.3, 0.4) is 0 Å². The summed E-state index contributed by atoms with van der Waals surface area (Å²) in [7, 11) is 0. The lowest BCUT2D eigenvalue weighted by Crippen LogP contribution is -1.85. The summed E-state index contributed by atoms with van der Waals surface area (Å²) >= 11 is 0. The van der Waals surface area contributed by atoms with Gasteiger partial charge in [0.15, 0.2) is 5.75 Å². The number of unbranched alkanes of at least 4 members (excludes halogenated alkanes) is 1. The maximum atomic E-state index is 9.69. The third kappa shape index (κ3) is 2.47. The monoisotopic (exact) mass is 182 g/mol. The summed E-state index contributed by atoms with van der Waals surface area (Å²) < 4.78 is 0. The first kappa shape index (κ1) is 10.1. The van der Waals surface area contributed by atoms with Gasteiger partial charge in [-0.3, -0.25) is 5.10 Å². The second-order valence-corrected chi connectivity index (χ2v) is 3.35. The number of aromatic hydroxyl groups is 1. The van der Waals surface area contributed by atoms with Crippen molar-refractivity contribution in [3.63, 3.8) is 0 Å². The molecule has 0 aliphatic carbocycles. The van der Waals surface area contributed by atoms with Gasteiger partial charge in [-0.15, -0.1) is 0 Å². The Balaban J connectivity index is 2.62. The van der Waals surface area contributed by atoms with Gasteiger partial charge in [0.05, 0.1) is 5.69 Å². The number of aromatic amines is 1. The highest BCUT2D eigenvalue weighted by atomic mass is 16.3. The van der Waals surface area contributed by atoms with Crippen LogP contribution in [-0.2, 0) is 12.8 Å². The summed E-state index contributed by atoms with van der Waals surface area (Å²) in [5, 5.41) is 16.7. The van der Waals surface area contributed by atoms with Crippen LogP contribution in [0.5, 0.6) is 5.75 Å². The van der Waals surface area contributed by atoms with Crippen LogP contribution in [0.25, 0.3) is 0 Å². The largest absolute Gasteiger partial charge is 0.504 e. The first-order valence-electron chi connectivity index (χ1n) is 5.04. The van der Waals surface area contributed by atoms with E-state index in [9.17, 15) is 5.11 Å². The summed E-state index contributed by atoms with van der Waals surface area (Å²) in [5.41, 5.74) is 1.71. The zero-order valence-electron chi connectivity index (χ0n) is 8.43. The van der Waals surface area contributed by atoms with Crippen LogP contribution in [-0.4, -0.2) is 15.3 Å². The lowest BCUT2D eigenvalue weighted by molar-refractivity contribution is 0.459. The Morgan fingerprint density at radius 2 is 2.00 bits per heavy atom. The predicted octanol–water partition coefficient (Wildman–Crippen LogP) is 2.41. The summed E-state index contributed by atoms with van der Waals surface area (Å²) in [5.74, 6) is 0.385. The lowest BCUT2D eigenvalue weighted by atomic mass is 10.1. The molecule has 0 atom stereocenters. The Morgan fingerprint density at radius 1 is 1.23 bits per heavy atom. The Morgan fingerprint density at radius 3 is 2.62 bits per heavy atom. The summed E-state index contributed by atoms with van der Waals surface area (Å²) in [6.45, 7) is 4.22. The molecule has 0 bridgehead atoms. The van der Waals surface area contributed by atoms with E-state index in [4.69, 9.17) is 0 Å². The zero-order chi connectivity index (χ0) is 9.68. The SMILES string of the molecule is CCCCc1n[nH]c(CCC)c1O. The van der Waals surface area contributed by atoms with Crippen LogP contribution in [0.2, 0.25) is 0 Å². The van der Waals surface area contributed by atoms with Gasteiger partial charge in [0.2, 0.25) is 0 Å². The topological polar surface area (TPSA) is 48.9 Å². The fourth-order valence-electron chi connectivity index (χ4n) is 1.36. The highest BCUT2D eigenvalue weighted by molar-refractivity contribution is 5.31. The minimum Gasteiger partial charge on any atom is -0.504 e. The maximum absolute atomic E-state index is 9.69. The van der Waals surface area contributed by atoms with E-state index in [1.54, 1.807) is 0 Å². The van der Waals surface area contributed by atoms with Crippen molar-refractivity contribution in [3.05, 3.63) is 11.4 Å². The molecule has 1 aromatic rings. The van der Waals surface area contributed by atoms with Crippen molar-refractivity contribution in [1.82, 2.24) is 10.2 Å². The van der Waals surface area contributed by atoms with E-state index >= 15 is 0 Å². The molecule has 74 valence electrons. The molecule has 1 heterocycles. The third-order valence-corrected chi connectivity index (χ3v) is 2.15. The average molecular weight is 182 g/mol. The minimum atomic E-state index is 0.385. The highest BCUT2D eigenvalue weighted by Crippen LogP contribution is 2.21. The molecular formula is C10H18N2O. The number of nitrogens with zero attached hydrogens (tertiary/aromatic N) is 1. The van der Waals surface area contributed by atoms with Crippen LogP contribution >= 0.6 is 0 Å². The fraction of sp³-hybridized carbons (Fsp3) is 0.700. The molecule has 3 heteroatoms. The second kappa shape index (κ2) is 4.90. The Bertz CT molecular complexity index is 255. The number of nitrogens with one attached hydrogen (secondary N) is 1. The molecule has 1 rings (SSSR count). The number of H-pyrrole nitrogens is 1. The van der Waals surface area contributed by atoms with Crippen molar-refractivity contribution in [2.45, 2.75) is 46.0 Å². The normalized spacial score (nSPS) is 10.6. The molecule has 2 N–H and O–H groups in total. The van der Waals surface area contributed by atoms with E-state index in [1.165, 1.54) is 0 Å². The van der Waals surface area contributed by atoms with Crippen molar-refractivity contribution >= 4 is 0 Å². The Kier molecular flexibility index (Phi) is 3.80. The van der Waals surface area contributed by atoms with Gasteiger partial charge in [0, 0.05) is 0 Å². The second-order valence-electron chi connectivity index (χ2n) is 3.35. The lowest BCUT2D eigenvalue weighted by Gasteiger charge is -1.96. The average Bonchev–Trinajstić information content (AvgIpc) is 2.46. The third-order valence-electron chi connectivity index (χ3n) is 2.15. The molecule has 1 aromatic heterocycles. The molecule has 0 fully saturated rings. The van der Waals surface area contributed by atoms with Crippen molar-refractivity contribution in [2.24, 2.45) is 0 Å². The van der Waals surface area contributed by atoms with Crippen molar-refractivity contribution in [2.75, 3.05) is 0 Å². The van der Waals surface area contributed by atoms with Crippen molar-refractivity contribution < 1.29 is 5.11 Å². The molecule has 13 heavy (non-hydrogen) atoms. The van der Waals surface area contributed by atoms with Crippen molar-refractivity contribution in [3.8, 4) is 5.75 Å². The van der Waals surface area contributed by atoms with E-state index < -0.39 is 0 Å². The van der Waals surface area contributed by atoms with E-state index in [-0.39, 0.29) is 0 Å². The summed E-state index contributed by atoms with van der Waals surface area (Å²) in [4.78, 5) is 0. The standard InChI is InChI=1S/C10H18N2O/c1-3-5-7-9-10(13)8(6-4-2)11-12-9/h13H,3-7H2,1-2H3,(H,11,12). The summed E-state index contributed by atoms with van der Waals surface area (Å²) in [6, 6.07) is 0.